The number of rotatable bonds is 3. The van der Waals surface area contributed by atoms with E-state index < -0.39 is 0 Å². The summed E-state index contributed by atoms with van der Waals surface area (Å²) in [4.78, 5) is 19.8. The fourth-order valence-corrected chi connectivity index (χ4v) is 3.92. The average Bonchev–Trinajstić information content (AvgIpc) is 2.91. The van der Waals surface area contributed by atoms with E-state index in [0.29, 0.717) is 21.6 Å². The summed E-state index contributed by atoms with van der Waals surface area (Å²) >= 11 is 7.34. The Morgan fingerprint density at radius 1 is 1.07 bits per heavy atom. The van der Waals surface area contributed by atoms with Gasteiger partial charge in [-0.25, -0.2) is 4.99 Å². The molecule has 1 aliphatic heterocycles. The van der Waals surface area contributed by atoms with Crippen molar-refractivity contribution in [2.75, 3.05) is 6.54 Å². The highest BCUT2D eigenvalue weighted by molar-refractivity contribution is 8.18. The third-order valence-corrected chi connectivity index (χ3v) is 5.59. The molecule has 1 amide bonds. The van der Waals surface area contributed by atoms with Crippen molar-refractivity contribution in [3.63, 3.8) is 0 Å². The Balaban J connectivity index is 1.87. The summed E-state index contributed by atoms with van der Waals surface area (Å²) in [6, 6.07) is 15.7. The Kier molecular flexibility index (Phi) is 5.78. The summed E-state index contributed by atoms with van der Waals surface area (Å²) < 4.78 is 0. The number of benzene rings is 2. The van der Waals surface area contributed by atoms with Crippen molar-refractivity contribution in [1.82, 2.24) is 4.90 Å². The van der Waals surface area contributed by atoms with Gasteiger partial charge in [0.2, 0.25) is 0 Å². The van der Waals surface area contributed by atoms with Gasteiger partial charge in [-0.05, 0) is 65.6 Å². The van der Waals surface area contributed by atoms with Crippen LogP contribution in [0.25, 0.3) is 6.08 Å². The maximum Gasteiger partial charge on any atom is 0.266 e. The van der Waals surface area contributed by atoms with Gasteiger partial charge in [-0.1, -0.05) is 56.6 Å². The van der Waals surface area contributed by atoms with Crippen LogP contribution in [0.3, 0.4) is 0 Å². The van der Waals surface area contributed by atoms with Gasteiger partial charge in [0, 0.05) is 11.6 Å². The number of amidine groups is 1. The molecule has 1 fully saturated rings. The van der Waals surface area contributed by atoms with E-state index >= 15 is 0 Å². The largest absolute Gasteiger partial charge is 0.287 e. The molecule has 0 saturated carbocycles. The molecule has 27 heavy (non-hydrogen) atoms. The quantitative estimate of drug-likeness (QED) is 0.571. The second-order valence-electron chi connectivity index (χ2n) is 7.40. The predicted molar refractivity (Wildman–Crippen MR) is 117 cm³/mol. The molecule has 0 aromatic heterocycles. The molecule has 2 aromatic rings. The molecule has 1 heterocycles. The van der Waals surface area contributed by atoms with Crippen LogP contribution in [0, 0.1) is 0 Å². The third-order valence-electron chi connectivity index (χ3n) is 4.33. The molecule has 0 unspecified atom stereocenters. The summed E-state index contributed by atoms with van der Waals surface area (Å²) in [5.41, 5.74) is 3.18. The first-order chi connectivity index (χ1) is 12.8. The van der Waals surface area contributed by atoms with Gasteiger partial charge in [0.15, 0.2) is 5.17 Å². The molecule has 0 radical (unpaired) electrons. The Labute approximate surface area is 170 Å². The van der Waals surface area contributed by atoms with Crippen LogP contribution < -0.4 is 0 Å². The zero-order valence-corrected chi connectivity index (χ0v) is 17.6. The van der Waals surface area contributed by atoms with Crippen LogP contribution in [0.5, 0.6) is 0 Å². The van der Waals surface area contributed by atoms with E-state index in [9.17, 15) is 4.79 Å². The van der Waals surface area contributed by atoms with Crippen molar-refractivity contribution in [3.8, 4) is 0 Å². The van der Waals surface area contributed by atoms with Gasteiger partial charge in [-0.15, -0.1) is 0 Å². The third kappa shape index (κ3) is 4.63. The molecular weight excluding hydrogens is 376 g/mol. The molecule has 5 heteroatoms. The topological polar surface area (TPSA) is 32.7 Å². The average molecular weight is 399 g/mol. The van der Waals surface area contributed by atoms with Gasteiger partial charge in [-0.3, -0.25) is 9.69 Å². The Bertz CT molecular complexity index is 893. The van der Waals surface area contributed by atoms with Crippen LogP contribution in [0.2, 0.25) is 5.02 Å². The first-order valence-corrected chi connectivity index (χ1v) is 10.1. The smallest absolute Gasteiger partial charge is 0.266 e. The highest BCUT2D eigenvalue weighted by Gasteiger charge is 2.32. The molecule has 0 aliphatic carbocycles. The van der Waals surface area contributed by atoms with E-state index in [4.69, 9.17) is 11.6 Å². The van der Waals surface area contributed by atoms with Crippen molar-refractivity contribution >= 4 is 46.2 Å². The second kappa shape index (κ2) is 7.91. The lowest BCUT2D eigenvalue weighted by atomic mass is 9.87. The number of carbonyl (C=O) groups excluding carboxylic acids is 1. The number of amides is 1. The lowest BCUT2D eigenvalue weighted by molar-refractivity contribution is -0.122. The van der Waals surface area contributed by atoms with Crippen molar-refractivity contribution in [2.45, 2.75) is 33.1 Å². The lowest BCUT2D eigenvalue weighted by Crippen LogP contribution is -2.28. The molecular formula is C22H23ClN2OS. The van der Waals surface area contributed by atoms with Gasteiger partial charge in [0.25, 0.3) is 5.91 Å². The SMILES string of the molecule is CCN1C(=O)/C(=C/c2ccc(C(C)(C)C)cc2)SC1=Nc1ccc(Cl)cc1. The Hall–Kier alpha value is -2.04. The normalized spacial score (nSPS) is 18.0. The fraction of sp³-hybridized carbons (Fsp3) is 0.273. The molecule has 0 spiro atoms. The summed E-state index contributed by atoms with van der Waals surface area (Å²) in [6.07, 6.45) is 1.94. The first kappa shape index (κ1) is 19.7. The highest BCUT2D eigenvalue weighted by Crippen LogP contribution is 2.34. The van der Waals surface area contributed by atoms with Crippen LogP contribution >= 0.6 is 23.4 Å². The summed E-state index contributed by atoms with van der Waals surface area (Å²) in [5, 5.41) is 1.36. The molecule has 1 aliphatic rings. The molecule has 2 aromatic carbocycles. The van der Waals surface area contributed by atoms with E-state index in [1.165, 1.54) is 17.3 Å². The van der Waals surface area contributed by atoms with Gasteiger partial charge in [0.05, 0.1) is 10.6 Å². The standard InChI is InChI=1S/C22H23ClN2OS/c1-5-25-20(26)19(14-15-6-8-16(9-7-15)22(2,3)4)27-21(25)24-18-12-10-17(23)11-13-18/h6-14H,5H2,1-4H3/b19-14-,24-21?. The number of aliphatic imine (C=N–C) groups is 1. The fourth-order valence-electron chi connectivity index (χ4n) is 2.73. The first-order valence-electron chi connectivity index (χ1n) is 8.94. The van der Waals surface area contributed by atoms with E-state index in [-0.39, 0.29) is 11.3 Å². The molecule has 3 nitrogen and oxygen atoms in total. The van der Waals surface area contributed by atoms with Crippen LogP contribution in [0.1, 0.15) is 38.8 Å². The van der Waals surface area contributed by atoms with E-state index in [2.05, 4.69) is 50.0 Å². The van der Waals surface area contributed by atoms with Crippen LogP contribution in [-0.2, 0) is 10.2 Å². The number of halogens is 1. The van der Waals surface area contributed by atoms with E-state index in [1.807, 2.05) is 25.1 Å². The second-order valence-corrected chi connectivity index (χ2v) is 8.85. The van der Waals surface area contributed by atoms with Crippen LogP contribution in [0.4, 0.5) is 5.69 Å². The van der Waals surface area contributed by atoms with Gasteiger partial charge >= 0.3 is 0 Å². The van der Waals surface area contributed by atoms with Gasteiger partial charge in [-0.2, -0.15) is 0 Å². The summed E-state index contributed by atoms with van der Waals surface area (Å²) in [7, 11) is 0. The molecule has 0 atom stereocenters. The van der Waals surface area contributed by atoms with Crippen molar-refractivity contribution < 1.29 is 4.79 Å². The minimum Gasteiger partial charge on any atom is -0.287 e. The number of hydrogen-bond acceptors (Lipinski definition) is 3. The predicted octanol–water partition coefficient (Wildman–Crippen LogP) is 6.26. The van der Waals surface area contributed by atoms with Gasteiger partial charge in [0.1, 0.15) is 0 Å². The number of carbonyl (C=O) groups is 1. The van der Waals surface area contributed by atoms with E-state index in [1.54, 1.807) is 17.0 Å². The lowest BCUT2D eigenvalue weighted by Gasteiger charge is -2.18. The zero-order chi connectivity index (χ0) is 19.6. The Morgan fingerprint density at radius 3 is 2.26 bits per heavy atom. The molecule has 0 N–H and O–H groups in total. The van der Waals surface area contributed by atoms with Gasteiger partial charge < -0.3 is 0 Å². The monoisotopic (exact) mass is 398 g/mol. The number of thioether (sulfide) groups is 1. The summed E-state index contributed by atoms with van der Waals surface area (Å²) in [6.45, 7) is 9.11. The number of hydrogen-bond donors (Lipinski definition) is 0. The Morgan fingerprint density at radius 2 is 1.70 bits per heavy atom. The van der Waals surface area contributed by atoms with Crippen molar-refractivity contribution in [3.05, 3.63) is 69.6 Å². The van der Waals surface area contributed by atoms with Crippen molar-refractivity contribution in [1.29, 1.82) is 0 Å². The maximum absolute atomic E-state index is 12.8. The molecule has 0 bridgehead atoms. The highest BCUT2D eigenvalue weighted by atomic mass is 35.5. The number of likely N-dealkylation sites (N-methyl/N-ethyl adjacent to an activating group) is 1. The van der Waals surface area contributed by atoms with Crippen LogP contribution in [-0.4, -0.2) is 22.5 Å². The van der Waals surface area contributed by atoms with E-state index in [0.717, 1.165) is 11.3 Å². The maximum atomic E-state index is 12.8. The minimum absolute atomic E-state index is 0.00453. The molecule has 1 saturated heterocycles. The number of nitrogens with zero attached hydrogens (tertiary/aromatic N) is 2. The zero-order valence-electron chi connectivity index (χ0n) is 16.0. The molecule has 3 rings (SSSR count). The molecule has 140 valence electrons. The van der Waals surface area contributed by atoms with Crippen molar-refractivity contribution in [2.24, 2.45) is 4.99 Å². The summed E-state index contributed by atoms with van der Waals surface area (Å²) in [5.74, 6) is -0.00453. The van der Waals surface area contributed by atoms with Crippen LogP contribution in [0.15, 0.2) is 58.4 Å². The minimum atomic E-state index is -0.00453.